The summed E-state index contributed by atoms with van der Waals surface area (Å²) in [5.41, 5.74) is 1.44. The largest absolute Gasteiger partial charge is 0.392 e. The summed E-state index contributed by atoms with van der Waals surface area (Å²) in [5.74, 6) is -0.263. The van der Waals surface area contributed by atoms with Crippen molar-refractivity contribution in [3.63, 3.8) is 0 Å². The molecular weight excluding hydrogens is 214 g/mol. The Morgan fingerprint density at radius 3 is 2.80 bits per heavy atom. The van der Waals surface area contributed by atoms with Crippen molar-refractivity contribution in [1.29, 1.82) is 0 Å². The van der Waals surface area contributed by atoms with Gasteiger partial charge in [-0.15, -0.1) is 0 Å². The molecule has 0 spiro atoms. The fourth-order valence-corrected chi connectivity index (χ4v) is 1.46. The molecule has 1 amide bonds. The Morgan fingerprint density at radius 1 is 1.60 bits per heavy atom. The molecule has 4 heteroatoms. The molecule has 1 unspecified atom stereocenters. The minimum Gasteiger partial charge on any atom is -0.392 e. The number of hydrogen-bond donors (Lipinski definition) is 2. The van der Waals surface area contributed by atoms with E-state index in [1.165, 1.54) is 0 Å². The number of aryl methyl sites for hydroxylation is 1. The van der Waals surface area contributed by atoms with Gasteiger partial charge in [0.05, 0.1) is 16.7 Å². The second-order valence-electron chi connectivity index (χ2n) is 3.54. The van der Waals surface area contributed by atoms with Crippen LogP contribution in [-0.4, -0.2) is 23.7 Å². The summed E-state index contributed by atoms with van der Waals surface area (Å²) in [6.07, 6.45) is -0.557. The van der Waals surface area contributed by atoms with Crippen LogP contribution >= 0.6 is 11.6 Å². The van der Waals surface area contributed by atoms with Crippen LogP contribution in [0.15, 0.2) is 18.2 Å². The van der Waals surface area contributed by atoms with E-state index in [4.69, 9.17) is 16.7 Å². The van der Waals surface area contributed by atoms with Crippen molar-refractivity contribution in [3.05, 3.63) is 34.3 Å². The average molecular weight is 228 g/mol. The highest BCUT2D eigenvalue weighted by Crippen LogP contribution is 2.17. The van der Waals surface area contributed by atoms with Gasteiger partial charge in [0.15, 0.2) is 0 Å². The van der Waals surface area contributed by atoms with Crippen LogP contribution in [0.3, 0.4) is 0 Å². The molecule has 1 aromatic rings. The van der Waals surface area contributed by atoms with Crippen LogP contribution in [0, 0.1) is 6.92 Å². The molecule has 1 aromatic carbocycles. The molecule has 0 saturated heterocycles. The maximum atomic E-state index is 11.6. The van der Waals surface area contributed by atoms with Crippen LogP contribution in [-0.2, 0) is 0 Å². The van der Waals surface area contributed by atoms with Crippen molar-refractivity contribution in [1.82, 2.24) is 5.32 Å². The molecule has 0 bridgehead atoms. The summed E-state index contributed by atoms with van der Waals surface area (Å²) < 4.78 is 0. The zero-order valence-corrected chi connectivity index (χ0v) is 9.51. The summed E-state index contributed by atoms with van der Waals surface area (Å²) in [4.78, 5) is 11.6. The number of amides is 1. The highest BCUT2D eigenvalue weighted by Gasteiger charge is 2.10. The number of carbonyl (C=O) groups is 1. The molecule has 0 saturated carbocycles. The van der Waals surface area contributed by atoms with Gasteiger partial charge in [-0.05, 0) is 31.5 Å². The lowest BCUT2D eigenvalue weighted by Gasteiger charge is -2.08. The van der Waals surface area contributed by atoms with E-state index in [0.717, 1.165) is 5.56 Å². The van der Waals surface area contributed by atoms with Gasteiger partial charge in [0.2, 0.25) is 0 Å². The lowest BCUT2D eigenvalue weighted by molar-refractivity contribution is 0.0924. The quantitative estimate of drug-likeness (QED) is 0.827. The maximum Gasteiger partial charge on any atom is 0.252 e. The van der Waals surface area contributed by atoms with Crippen LogP contribution in [0.4, 0.5) is 0 Å². The van der Waals surface area contributed by atoms with Gasteiger partial charge in [0.1, 0.15) is 0 Å². The normalized spacial score (nSPS) is 12.3. The van der Waals surface area contributed by atoms with Crippen molar-refractivity contribution < 1.29 is 9.90 Å². The Morgan fingerprint density at radius 2 is 2.27 bits per heavy atom. The smallest absolute Gasteiger partial charge is 0.252 e. The van der Waals surface area contributed by atoms with E-state index in [0.29, 0.717) is 10.6 Å². The van der Waals surface area contributed by atoms with Crippen molar-refractivity contribution in [2.24, 2.45) is 0 Å². The van der Waals surface area contributed by atoms with Crippen molar-refractivity contribution in [2.75, 3.05) is 6.54 Å². The summed E-state index contributed by atoms with van der Waals surface area (Å²) in [5, 5.41) is 12.0. The summed E-state index contributed by atoms with van der Waals surface area (Å²) in [6.45, 7) is 3.74. The number of aliphatic hydroxyl groups excluding tert-OH is 1. The van der Waals surface area contributed by atoms with Crippen LogP contribution in [0.2, 0.25) is 5.02 Å². The minimum atomic E-state index is -0.557. The van der Waals surface area contributed by atoms with Crippen molar-refractivity contribution >= 4 is 17.5 Å². The van der Waals surface area contributed by atoms with E-state index in [1.54, 1.807) is 19.1 Å². The number of hydrogen-bond acceptors (Lipinski definition) is 2. The Bertz CT molecular complexity index is 364. The molecule has 2 N–H and O–H groups in total. The lowest BCUT2D eigenvalue weighted by atomic mass is 10.1. The summed E-state index contributed by atoms with van der Waals surface area (Å²) in [7, 11) is 0. The molecule has 3 nitrogen and oxygen atoms in total. The number of nitrogens with one attached hydrogen (secondary N) is 1. The Labute approximate surface area is 94.1 Å². The molecule has 1 rings (SSSR count). The van der Waals surface area contributed by atoms with E-state index in [9.17, 15) is 4.79 Å². The maximum absolute atomic E-state index is 11.6. The van der Waals surface area contributed by atoms with Gasteiger partial charge in [-0.2, -0.15) is 0 Å². The molecule has 0 aliphatic rings. The SMILES string of the molecule is Cc1ccc(C(=O)NCC(C)O)c(Cl)c1. The van der Waals surface area contributed by atoms with Crippen molar-refractivity contribution in [2.45, 2.75) is 20.0 Å². The third-order valence-corrected chi connectivity index (χ3v) is 2.24. The summed E-state index contributed by atoms with van der Waals surface area (Å²) in [6, 6.07) is 5.23. The van der Waals surface area contributed by atoms with Gasteiger partial charge in [-0.1, -0.05) is 17.7 Å². The van der Waals surface area contributed by atoms with Gasteiger partial charge >= 0.3 is 0 Å². The zero-order chi connectivity index (χ0) is 11.4. The number of carbonyl (C=O) groups excluding carboxylic acids is 1. The molecule has 0 fully saturated rings. The molecule has 0 aliphatic carbocycles. The highest BCUT2D eigenvalue weighted by atomic mass is 35.5. The number of benzene rings is 1. The standard InChI is InChI=1S/C11H14ClNO2/c1-7-3-4-9(10(12)5-7)11(15)13-6-8(2)14/h3-5,8,14H,6H2,1-2H3,(H,13,15). The van der Waals surface area contributed by atoms with Crippen LogP contribution in [0.5, 0.6) is 0 Å². The molecule has 0 aliphatic heterocycles. The second kappa shape index (κ2) is 5.14. The predicted molar refractivity (Wildman–Crippen MR) is 60.2 cm³/mol. The second-order valence-corrected chi connectivity index (χ2v) is 3.95. The molecule has 1 atom stereocenters. The first kappa shape index (κ1) is 12.0. The van der Waals surface area contributed by atoms with Crippen molar-refractivity contribution in [3.8, 4) is 0 Å². The van der Waals surface area contributed by atoms with Gasteiger partial charge in [0.25, 0.3) is 5.91 Å². The zero-order valence-electron chi connectivity index (χ0n) is 8.75. The Hall–Kier alpha value is -1.06. The van der Waals surface area contributed by atoms with Crippen LogP contribution in [0.1, 0.15) is 22.8 Å². The van der Waals surface area contributed by atoms with E-state index in [1.807, 2.05) is 13.0 Å². The number of halogens is 1. The topological polar surface area (TPSA) is 49.3 Å². The summed E-state index contributed by atoms with van der Waals surface area (Å²) >= 11 is 5.92. The third-order valence-electron chi connectivity index (χ3n) is 1.93. The molecule has 82 valence electrons. The Balaban J connectivity index is 2.74. The monoisotopic (exact) mass is 227 g/mol. The van der Waals surface area contributed by atoms with E-state index in [2.05, 4.69) is 5.32 Å². The molecular formula is C11H14ClNO2. The van der Waals surface area contributed by atoms with E-state index < -0.39 is 6.10 Å². The van der Waals surface area contributed by atoms with E-state index in [-0.39, 0.29) is 12.5 Å². The fraction of sp³-hybridized carbons (Fsp3) is 0.364. The van der Waals surface area contributed by atoms with Crippen LogP contribution in [0.25, 0.3) is 0 Å². The first-order valence-electron chi connectivity index (χ1n) is 4.73. The van der Waals surface area contributed by atoms with Gasteiger partial charge < -0.3 is 10.4 Å². The van der Waals surface area contributed by atoms with Crippen LogP contribution < -0.4 is 5.32 Å². The predicted octanol–water partition coefficient (Wildman–Crippen LogP) is 1.76. The Kier molecular flexibility index (Phi) is 4.12. The molecule has 0 aromatic heterocycles. The first-order valence-corrected chi connectivity index (χ1v) is 5.11. The number of aliphatic hydroxyl groups is 1. The third kappa shape index (κ3) is 3.53. The number of rotatable bonds is 3. The molecule has 0 heterocycles. The minimum absolute atomic E-state index is 0.225. The fourth-order valence-electron chi connectivity index (χ4n) is 1.14. The molecule has 15 heavy (non-hydrogen) atoms. The lowest BCUT2D eigenvalue weighted by Crippen LogP contribution is -2.30. The van der Waals surface area contributed by atoms with Gasteiger partial charge in [0, 0.05) is 6.54 Å². The highest BCUT2D eigenvalue weighted by molar-refractivity contribution is 6.33. The molecule has 0 radical (unpaired) electrons. The van der Waals surface area contributed by atoms with Gasteiger partial charge in [-0.25, -0.2) is 0 Å². The van der Waals surface area contributed by atoms with Gasteiger partial charge in [-0.3, -0.25) is 4.79 Å². The van der Waals surface area contributed by atoms with E-state index >= 15 is 0 Å². The first-order chi connectivity index (χ1) is 7.00. The average Bonchev–Trinajstić information content (AvgIpc) is 2.14.